The normalized spacial score (nSPS) is 16.5. The zero-order chi connectivity index (χ0) is 29.2. The number of hydrogen-bond acceptors (Lipinski definition) is 7. The summed E-state index contributed by atoms with van der Waals surface area (Å²) in [4.78, 5) is 40.6. The minimum Gasteiger partial charge on any atom is -0.391 e. The fraction of sp³-hybridized carbons (Fsp3) is 0.375. The van der Waals surface area contributed by atoms with Crippen molar-refractivity contribution in [1.82, 2.24) is 20.5 Å². The topological polar surface area (TPSA) is 110 Å². The number of carbonyl (C=O) groups is 2. The molecule has 3 aromatic rings. The number of likely N-dealkylation sites (N-methyl/N-ethyl adjacent to an activating group) is 1. The predicted octanol–water partition coefficient (Wildman–Crippen LogP) is 2.63. The van der Waals surface area contributed by atoms with E-state index in [1.54, 1.807) is 18.0 Å². The van der Waals surface area contributed by atoms with Crippen molar-refractivity contribution < 1.29 is 14.7 Å². The number of benzene rings is 2. The number of amides is 2. The average molecular weight is 557 g/mol. The van der Waals surface area contributed by atoms with Gasteiger partial charge in [-0.15, -0.1) is 0 Å². The molecule has 0 saturated carbocycles. The molecule has 4 rings (SSSR count). The largest absolute Gasteiger partial charge is 0.391 e. The van der Waals surface area contributed by atoms with Gasteiger partial charge in [0.05, 0.1) is 29.2 Å². The monoisotopic (exact) mass is 556 g/mol. The van der Waals surface area contributed by atoms with Crippen molar-refractivity contribution in [3.05, 3.63) is 95.8 Å². The van der Waals surface area contributed by atoms with Crippen LogP contribution in [0, 0.1) is 0 Å². The van der Waals surface area contributed by atoms with Crippen molar-refractivity contribution in [3.63, 3.8) is 0 Å². The summed E-state index contributed by atoms with van der Waals surface area (Å²) in [5, 5.41) is 16.4. The molecule has 1 aliphatic heterocycles. The van der Waals surface area contributed by atoms with E-state index in [4.69, 9.17) is 4.99 Å². The minimum absolute atomic E-state index is 0.228. The second-order valence-electron chi connectivity index (χ2n) is 10.1. The molecule has 1 aliphatic rings. The van der Waals surface area contributed by atoms with E-state index in [2.05, 4.69) is 34.4 Å². The molecule has 0 fully saturated rings. The molecular formula is C32H40N6O3. The van der Waals surface area contributed by atoms with E-state index in [-0.39, 0.29) is 18.4 Å². The Kier molecular flexibility index (Phi) is 10.7. The number of nitrogens with one attached hydrogen (secondary N) is 2. The molecule has 0 radical (unpaired) electrons. The van der Waals surface area contributed by atoms with Crippen molar-refractivity contribution in [3.8, 4) is 0 Å². The van der Waals surface area contributed by atoms with E-state index in [1.165, 1.54) is 0 Å². The number of anilines is 1. The van der Waals surface area contributed by atoms with Crippen LogP contribution in [0.25, 0.3) is 0 Å². The van der Waals surface area contributed by atoms with Gasteiger partial charge >= 0.3 is 0 Å². The summed E-state index contributed by atoms with van der Waals surface area (Å²) in [5.74, 6) is -0.686. The van der Waals surface area contributed by atoms with Crippen LogP contribution in [0.15, 0.2) is 84.0 Å². The third kappa shape index (κ3) is 7.85. The van der Waals surface area contributed by atoms with Crippen molar-refractivity contribution in [2.45, 2.75) is 45.5 Å². The fourth-order valence-electron chi connectivity index (χ4n) is 4.87. The second kappa shape index (κ2) is 14.6. The van der Waals surface area contributed by atoms with E-state index >= 15 is 0 Å². The Labute approximate surface area is 242 Å². The summed E-state index contributed by atoms with van der Waals surface area (Å²) in [6.45, 7) is 9.01. The average Bonchev–Trinajstić information content (AvgIpc) is 3.11. The number of aliphatic imine (C=N–C) groups is 1. The number of aromatic nitrogens is 1. The van der Waals surface area contributed by atoms with Gasteiger partial charge in [0.1, 0.15) is 0 Å². The van der Waals surface area contributed by atoms with Gasteiger partial charge in [0.15, 0.2) is 0 Å². The smallest absolute Gasteiger partial charge is 0.272 e. The van der Waals surface area contributed by atoms with E-state index in [9.17, 15) is 14.7 Å². The lowest BCUT2D eigenvalue weighted by Gasteiger charge is -2.28. The van der Waals surface area contributed by atoms with E-state index in [0.29, 0.717) is 30.9 Å². The highest BCUT2D eigenvalue weighted by molar-refractivity contribution is 6.19. The van der Waals surface area contributed by atoms with Gasteiger partial charge in [-0.2, -0.15) is 0 Å². The maximum Gasteiger partial charge on any atom is 0.272 e. The van der Waals surface area contributed by atoms with E-state index < -0.39 is 18.3 Å². The molecule has 2 heterocycles. The van der Waals surface area contributed by atoms with Crippen LogP contribution in [-0.4, -0.2) is 83.6 Å². The molecule has 2 amide bonds. The number of fused-ring (bicyclic) bond motifs is 1. The summed E-state index contributed by atoms with van der Waals surface area (Å²) in [7, 11) is 0. The predicted molar refractivity (Wildman–Crippen MR) is 162 cm³/mol. The molecule has 2 unspecified atom stereocenters. The first-order chi connectivity index (χ1) is 19.9. The zero-order valence-electron chi connectivity index (χ0n) is 24.0. The number of carbonyl (C=O) groups excluding carboxylic acids is 2. The quantitative estimate of drug-likeness (QED) is 0.299. The Bertz CT molecular complexity index is 1310. The van der Waals surface area contributed by atoms with Gasteiger partial charge in [0.2, 0.25) is 12.1 Å². The van der Waals surface area contributed by atoms with Gasteiger partial charge in [-0.05, 0) is 50.2 Å². The maximum absolute atomic E-state index is 14.0. The molecule has 2 aromatic carbocycles. The lowest BCUT2D eigenvalue weighted by Crippen LogP contribution is -2.53. The Balaban J connectivity index is 1.55. The van der Waals surface area contributed by atoms with Crippen LogP contribution >= 0.6 is 0 Å². The first-order valence-corrected chi connectivity index (χ1v) is 14.3. The number of benzodiazepines with no additional fused rings is 1. The highest BCUT2D eigenvalue weighted by Crippen LogP contribution is 2.27. The minimum atomic E-state index is -1.14. The molecular weight excluding hydrogens is 516 g/mol. The van der Waals surface area contributed by atoms with Gasteiger partial charge in [-0.3, -0.25) is 14.6 Å². The Morgan fingerprint density at radius 2 is 1.73 bits per heavy atom. The molecule has 9 nitrogen and oxygen atoms in total. The lowest BCUT2D eigenvalue weighted by atomic mass is 10.0. The number of pyridine rings is 1. The van der Waals surface area contributed by atoms with Crippen LogP contribution in [-0.2, 0) is 16.0 Å². The summed E-state index contributed by atoms with van der Waals surface area (Å²) in [5.41, 5.74) is 3.70. The van der Waals surface area contributed by atoms with Crippen LogP contribution in [0.3, 0.4) is 0 Å². The van der Waals surface area contributed by atoms with Crippen LogP contribution in [0.4, 0.5) is 5.69 Å². The van der Waals surface area contributed by atoms with Gasteiger partial charge in [0, 0.05) is 31.4 Å². The van der Waals surface area contributed by atoms with Crippen molar-refractivity contribution in [2.24, 2.45) is 4.99 Å². The molecule has 41 heavy (non-hydrogen) atoms. The third-order valence-corrected chi connectivity index (χ3v) is 7.30. The molecule has 1 aromatic heterocycles. The summed E-state index contributed by atoms with van der Waals surface area (Å²) in [6.07, 6.45) is 0.361. The molecule has 0 bridgehead atoms. The van der Waals surface area contributed by atoms with Crippen LogP contribution in [0.2, 0.25) is 0 Å². The highest BCUT2D eigenvalue weighted by Gasteiger charge is 2.34. The molecule has 3 atom stereocenters. The summed E-state index contributed by atoms with van der Waals surface area (Å²) in [6, 6.07) is 22.3. The molecule has 216 valence electrons. The first-order valence-electron chi connectivity index (χ1n) is 14.3. The lowest BCUT2D eigenvalue weighted by molar-refractivity contribution is -0.128. The first kappa shape index (κ1) is 30.0. The highest BCUT2D eigenvalue weighted by atomic mass is 16.3. The van der Waals surface area contributed by atoms with Gasteiger partial charge < -0.3 is 25.5 Å². The SMILES string of the molecule is CCN(CC)CCN1C(=O)C(NC(=O)[C@H](C)NCC(O)Cc2ccccc2)N=C(c2ccccn2)c2ccccc21. The Morgan fingerprint density at radius 1 is 1.02 bits per heavy atom. The van der Waals surface area contributed by atoms with Crippen molar-refractivity contribution in [1.29, 1.82) is 0 Å². The van der Waals surface area contributed by atoms with E-state index in [0.717, 1.165) is 29.9 Å². The molecule has 9 heteroatoms. The third-order valence-electron chi connectivity index (χ3n) is 7.30. The van der Waals surface area contributed by atoms with Crippen LogP contribution in [0.5, 0.6) is 0 Å². The number of aliphatic hydroxyl groups excluding tert-OH is 1. The molecule has 0 saturated heterocycles. The maximum atomic E-state index is 14.0. The van der Waals surface area contributed by atoms with Crippen molar-refractivity contribution >= 4 is 23.2 Å². The number of nitrogens with zero attached hydrogens (tertiary/aromatic N) is 4. The van der Waals surface area contributed by atoms with Gasteiger partial charge in [0.25, 0.3) is 5.91 Å². The van der Waals surface area contributed by atoms with Crippen LogP contribution in [0.1, 0.15) is 37.6 Å². The Hall–Kier alpha value is -3.92. The number of para-hydroxylation sites is 1. The fourth-order valence-corrected chi connectivity index (χ4v) is 4.87. The zero-order valence-corrected chi connectivity index (χ0v) is 24.0. The summed E-state index contributed by atoms with van der Waals surface area (Å²) >= 11 is 0. The van der Waals surface area contributed by atoms with E-state index in [1.807, 2.05) is 72.8 Å². The molecule has 3 N–H and O–H groups in total. The molecule has 0 spiro atoms. The summed E-state index contributed by atoms with van der Waals surface area (Å²) < 4.78 is 0. The second-order valence-corrected chi connectivity index (χ2v) is 10.1. The molecule has 0 aliphatic carbocycles. The van der Waals surface area contributed by atoms with Crippen molar-refractivity contribution in [2.75, 3.05) is 37.6 Å². The standard InChI is InChI=1S/C32H40N6O3/c1-4-37(5-2)19-20-38-28-17-10-9-15-26(28)29(27-16-11-12-18-33-27)35-30(32(38)41)36-31(40)23(3)34-22-25(39)21-24-13-7-6-8-14-24/h6-18,23,25,30,34,39H,4-5,19-22H2,1-3H3,(H,36,40)/t23-,25?,30?/m0/s1. The number of aliphatic hydroxyl groups is 1. The van der Waals surface area contributed by atoms with Gasteiger partial charge in [-0.1, -0.05) is 68.4 Å². The van der Waals surface area contributed by atoms with Gasteiger partial charge in [-0.25, -0.2) is 4.99 Å². The Morgan fingerprint density at radius 3 is 2.44 bits per heavy atom. The number of rotatable bonds is 13. The number of hydrogen-bond donors (Lipinski definition) is 3. The van der Waals surface area contributed by atoms with Crippen LogP contribution < -0.4 is 15.5 Å².